The monoisotopic (exact) mass is 263 g/mol. The summed E-state index contributed by atoms with van der Waals surface area (Å²) in [5, 5.41) is 12.3. The number of nitrogens with one attached hydrogen (secondary N) is 1. The van der Waals surface area contributed by atoms with Crippen molar-refractivity contribution in [3.8, 4) is 0 Å². The lowest BCUT2D eigenvalue weighted by Crippen LogP contribution is -2.33. The molecular formula is C15H18FNO2. The van der Waals surface area contributed by atoms with Gasteiger partial charge in [0, 0.05) is 18.2 Å². The molecule has 2 aliphatic carbocycles. The molecule has 0 spiro atoms. The van der Waals surface area contributed by atoms with E-state index in [1.54, 1.807) is 0 Å². The Morgan fingerprint density at radius 1 is 1.37 bits per heavy atom. The summed E-state index contributed by atoms with van der Waals surface area (Å²) >= 11 is 0. The van der Waals surface area contributed by atoms with Crippen molar-refractivity contribution < 1.29 is 14.3 Å². The zero-order chi connectivity index (χ0) is 13.4. The van der Waals surface area contributed by atoms with E-state index in [1.807, 2.05) is 0 Å². The van der Waals surface area contributed by atoms with E-state index in [-0.39, 0.29) is 11.4 Å². The van der Waals surface area contributed by atoms with Crippen LogP contribution in [0.25, 0.3) is 0 Å². The molecule has 0 aromatic heterocycles. The zero-order valence-electron chi connectivity index (χ0n) is 10.7. The lowest BCUT2D eigenvalue weighted by Gasteiger charge is -2.23. The lowest BCUT2D eigenvalue weighted by atomic mass is 9.95. The van der Waals surface area contributed by atoms with Gasteiger partial charge in [0.25, 0.3) is 0 Å². The molecule has 3 unspecified atom stereocenters. The van der Waals surface area contributed by atoms with Gasteiger partial charge in [-0.2, -0.15) is 0 Å². The smallest absolute Gasteiger partial charge is 0.335 e. The van der Waals surface area contributed by atoms with Gasteiger partial charge in [-0.15, -0.1) is 0 Å². The van der Waals surface area contributed by atoms with Crippen LogP contribution in [0.3, 0.4) is 0 Å². The summed E-state index contributed by atoms with van der Waals surface area (Å²) in [4.78, 5) is 10.9. The number of carbonyl (C=O) groups is 1. The van der Waals surface area contributed by atoms with Gasteiger partial charge in [-0.1, -0.05) is 6.42 Å². The van der Waals surface area contributed by atoms with Gasteiger partial charge < -0.3 is 10.4 Å². The van der Waals surface area contributed by atoms with Crippen LogP contribution in [-0.4, -0.2) is 17.1 Å². The molecule has 2 aliphatic rings. The predicted octanol–water partition coefficient (Wildman–Crippen LogP) is 2.80. The molecule has 1 aromatic rings. The quantitative estimate of drug-likeness (QED) is 0.878. The van der Waals surface area contributed by atoms with Crippen LogP contribution in [0.15, 0.2) is 18.2 Å². The van der Waals surface area contributed by atoms with Gasteiger partial charge in [-0.3, -0.25) is 0 Å². The fourth-order valence-corrected chi connectivity index (χ4v) is 3.58. The first kappa shape index (κ1) is 12.6. The average Bonchev–Trinajstić information content (AvgIpc) is 2.99. The van der Waals surface area contributed by atoms with Gasteiger partial charge in [-0.25, -0.2) is 9.18 Å². The molecule has 2 saturated carbocycles. The van der Waals surface area contributed by atoms with Crippen molar-refractivity contribution in [3.63, 3.8) is 0 Å². The third-order valence-corrected chi connectivity index (χ3v) is 4.59. The van der Waals surface area contributed by atoms with Crippen molar-refractivity contribution in [1.82, 2.24) is 5.32 Å². The lowest BCUT2D eigenvalue weighted by molar-refractivity contribution is 0.0696. The number of halogens is 1. The van der Waals surface area contributed by atoms with Gasteiger partial charge in [0.1, 0.15) is 5.82 Å². The van der Waals surface area contributed by atoms with Crippen molar-refractivity contribution >= 4 is 5.97 Å². The average molecular weight is 263 g/mol. The summed E-state index contributed by atoms with van der Waals surface area (Å²) in [6, 6.07) is 4.45. The number of rotatable bonds is 4. The second kappa shape index (κ2) is 4.93. The minimum atomic E-state index is -1.01. The predicted molar refractivity (Wildman–Crippen MR) is 69.4 cm³/mol. The molecule has 0 amide bonds. The molecule has 3 rings (SSSR count). The molecule has 19 heavy (non-hydrogen) atoms. The second-order valence-electron chi connectivity index (χ2n) is 5.77. The molecule has 3 atom stereocenters. The van der Waals surface area contributed by atoms with Crippen LogP contribution < -0.4 is 5.32 Å². The van der Waals surface area contributed by atoms with E-state index < -0.39 is 5.97 Å². The minimum Gasteiger partial charge on any atom is -0.478 e. The first-order valence-electron chi connectivity index (χ1n) is 6.88. The molecule has 0 heterocycles. The van der Waals surface area contributed by atoms with Gasteiger partial charge in [0.15, 0.2) is 0 Å². The van der Waals surface area contributed by atoms with E-state index >= 15 is 0 Å². The summed E-state index contributed by atoms with van der Waals surface area (Å²) in [6.07, 6.45) is 5.10. The molecule has 2 N–H and O–H groups in total. The van der Waals surface area contributed by atoms with E-state index in [4.69, 9.17) is 5.11 Å². The van der Waals surface area contributed by atoms with Gasteiger partial charge in [0.05, 0.1) is 5.56 Å². The van der Waals surface area contributed by atoms with Crippen LogP contribution >= 0.6 is 0 Å². The number of hydrogen-bond donors (Lipinski definition) is 2. The van der Waals surface area contributed by atoms with E-state index in [0.717, 1.165) is 11.8 Å². The van der Waals surface area contributed by atoms with Gasteiger partial charge in [0.2, 0.25) is 0 Å². The molecule has 1 aromatic carbocycles. The fourth-order valence-electron chi connectivity index (χ4n) is 3.58. The van der Waals surface area contributed by atoms with Gasteiger partial charge in [-0.05, 0) is 49.3 Å². The van der Waals surface area contributed by atoms with Crippen LogP contribution in [-0.2, 0) is 6.54 Å². The molecule has 2 bridgehead atoms. The number of carboxylic acids is 1. The van der Waals surface area contributed by atoms with E-state index in [9.17, 15) is 9.18 Å². The highest BCUT2D eigenvalue weighted by Gasteiger charge is 2.39. The van der Waals surface area contributed by atoms with Crippen LogP contribution in [0.4, 0.5) is 4.39 Å². The third kappa shape index (κ3) is 2.50. The number of carboxylic acid groups (broad SMARTS) is 1. The van der Waals surface area contributed by atoms with Crippen molar-refractivity contribution in [1.29, 1.82) is 0 Å². The second-order valence-corrected chi connectivity index (χ2v) is 5.77. The topological polar surface area (TPSA) is 49.3 Å². The Hall–Kier alpha value is -1.42. The maximum absolute atomic E-state index is 13.7. The highest BCUT2D eigenvalue weighted by molar-refractivity contribution is 5.87. The van der Waals surface area contributed by atoms with Crippen LogP contribution in [0.5, 0.6) is 0 Å². The Bertz CT molecular complexity index is 503. The maximum Gasteiger partial charge on any atom is 0.335 e. The molecule has 0 radical (unpaired) electrons. The number of benzene rings is 1. The number of fused-ring (bicyclic) bond motifs is 2. The SMILES string of the molecule is O=C(O)c1ccc(F)c(CNC2CC3CCC2C3)c1. The summed E-state index contributed by atoms with van der Waals surface area (Å²) in [5.41, 5.74) is 0.591. The zero-order valence-corrected chi connectivity index (χ0v) is 10.7. The van der Waals surface area contributed by atoms with E-state index in [1.165, 1.54) is 43.9 Å². The first-order valence-corrected chi connectivity index (χ1v) is 6.88. The molecule has 0 aliphatic heterocycles. The Balaban J connectivity index is 1.66. The first-order chi connectivity index (χ1) is 9.13. The fraction of sp³-hybridized carbons (Fsp3) is 0.533. The van der Waals surface area contributed by atoms with Crippen LogP contribution in [0.2, 0.25) is 0 Å². The standard InChI is InChI=1S/C15H18FNO2/c16-13-4-3-11(15(18)19)7-12(13)8-17-14-6-9-1-2-10(14)5-9/h3-4,7,9-10,14,17H,1-2,5-6,8H2,(H,18,19). The summed E-state index contributed by atoms with van der Waals surface area (Å²) in [7, 11) is 0. The van der Waals surface area contributed by atoms with Crippen molar-refractivity contribution in [2.24, 2.45) is 11.8 Å². The molecule has 0 saturated heterocycles. The molecule has 4 heteroatoms. The van der Waals surface area contributed by atoms with E-state index in [2.05, 4.69) is 5.32 Å². The number of hydrogen-bond acceptors (Lipinski definition) is 2. The summed E-state index contributed by atoms with van der Waals surface area (Å²) < 4.78 is 13.7. The van der Waals surface area contributed by atoms with Crippen molar-refractivity contribution in [2.45, 2.75) is 38.3 Å². The van der Waals surface area contributed by atoms with Crippen LogP contribution in [0.1, 0.15) is 41.6 Å². The normalized spacial score (nSPS) is 28.8. The highest BCUT2D eigenvalue weighted by atomic mass is 19.1. The summed E-state index contributed by atoms with van der Waals surface area (Å²) in [5.74, 6) is 0.232. The van der Waals surface area contributed by atoms with Crippen molar-refractivity contribution in [2.75, 3.05) is 0 Å². The van der Waals surface area contributed by atoms with E-state index in [0.29, 0.717) is 18.2 Å². The Kier molecular flexibility index (Phi) is 3.27. The Morgan fingerprint density at radius 2 is 2.21 bits per heavy atom. The number of aromatic carboxylic acids is 1. The van der Waals surface area contributed by atoms with Gasteiger partial charge >= 0.3 is 5.97 Å². The Labute approximate surface area is 111 Å². The van der Waals surface area contributed by atoms with Crippen molar-refractivity contribution in [3.05, 3.63) is 35.1 Å². The molecule has 102 valence electrons. The third-order valence-electron chi connectivity index (χ3n) is 4.59. The van der Waals surface area contributed by atoms with Crippen LogP contribution in [0, 0.1) is 17.7 Å². The molecule has 2 fully saturated rings. The minimum absolute atomic E-state index is 0.145. The Morgan fingerprint density at radius 3 is 2.84 bits per heavy atom. The largest absolute Gasteiger partial charge is 0.478 e. The highest BCUT2D eigenvalue weighted by Crippen LogP contribution is 2.44. The molecule has 3 nitrogen and oxygen atoms in total. The maximum atomic E-state index is 13.7. The summed E-state index contributed by atoms with van der Waals surface area (Å²) in [6.45, 7) is 0.418. The molecular weight excluding hydrogens is 245 g/mol.